The minimum absolute atomic E-state index is 0.0266. The molecule has 0 amide bonds. The van der Waals surface area contributed by atoms with E-state index in [1.807, 2.05) is 55.5 Å². The SMILES string of the molecule is CCOc1cc(C(C)C)ccc(CN2CCC(C(=O)c3ccccc3)CC2)c1=O. The summed E-state index contributed by atoms with van der Waals surface area (Å²) < 4.78 is 5.64. The Morgan fingerprint density at radius 3 is 2.41 bits per heavy atom. The number of ketones is 1. The van der Waals surface area contributed by atoms with Crippen LogP contribution in [0.15, 0.2) is 53.3 Å². The van der Waals surface area contributed by atoms with Crippen LogP contribution in [0.3, 0.4) is 0 Å². The smallest absolute Gasteiger partial charge is 0.224 e. The number of ether oxygens (including phenoxy) is 1. The predicted octanol–water partition coefficient (Wildman–Crippen LogP) is 4.66. The zero-order valence-electron chi connectivity index (χ0n) is 17.7. The van der Waals surface area contributed by atoms with Crippen molar-refractivity contribution in [3.63, 3.8) is 0 Å². The van der Waals surface area contributed by atoms with Crippen molar-refractivity contribution in [1.82, 2.24) is 4.90 Å². The average Bonchev–Trinajstić information content (AvgIpc) is 2.89. The average molecular weight is 394 g/mol. The van der Waals surface area contributed by atoms with E-state index in [1.165, 1.54) is 0 Å². The Bertz CT molecular complexity index is 884. The lowest BCUT2D eigenvalue weighted by Crippen LogP contribution is -2.36. The zero-order chi connectivity index (χ0) is 20.8. The molecule has 0 atom stereocenters. The highest BCUT2D eigenvalue weighted by atomic mass is 16.5. The molecular weight excluding hydrogens is 362 g/mol. The zero-order valence-corrected chi connectivity index (χ0v) is 17.7. The molecule has 29 heavy (non-hydrogen) atoms. The summed E-state index contributed by atoms with van der Waals surface area (Å²) in [5.41, 5.74) is 2.63. The van der Waals surface area contributed by atoms with Crippen LogP contribution in [-0.4, -0.2) is 30.4 Å². The molecule has 0 unspecified atom stereocenters. The van der Waals surface area contributed by atoms with Gasteiger partial charge in [-0.25, -0.2) is 0 Å². The fraction of sp³-hybridized carbons (Fsp3) is 0.440. The first-order chi connectivity index (χ1) is 14.0. The second-order valence-corrected chi connectivity index (χ2v) is 8.06. The maximum atomic E-state index is 13.0. The summed E-state index contributed by atoms with van der Waals surface area (Å²) >= 11 is 0. The third kappa shape index (κ3) is 5.33. The van der Waals surface area contributed by atoms with Gasteiger partial charge in [-0.3, -0.25) is 14.5 Å². The normalized spacial score (nSPS) is 15.4. The minimum Gasteiger partial charge on any atom is -0.490 e. The number of carbonyl (C=O) groups is 1. The molecule has 0 N–H and O–H groups in total. The van der Waals surface area contributed by atoms with E-state index in [0.29, 0.717) is 24.8 Å². The molecule has 4 nitrogen and oxygen atoms in total. The molecule has 1 fully saturated rings. The van der Waals surface area contributed by atoms with Gasteiger partial charge in [0.15, 0.2) is 11.5 Å². The lowest BCUT2D eigenvalue weighted by Gasteiger charge is -2.31. The molecular formula is C25H31NO3. The van der Waals surface area contributed by atoms with Gasteiger partial charge in [0, 0.05) is 23.6 Å². The Morgan fingerprint density at radius 2 is 1.79 bits per heavy atom. The number of hydrogen-bond acceptors (Lipinski definition) is 4. The van der Waals surface area contributed by atoms with Gasteiger partial charge in [-0.1, -0.05) is 56.3 Å². The number of rotatable bonds is 7. The van der Waals surface area contributed by atoms with Gasteiger partial charge >= 0.3 is 0 Å². The van der Waals surface area contributed by atoms with Gasteiger partial charge in [0.05, 0.1) is 6.61 Å². The van der Waals surface area contributed by atoms with Crippen LogP contribution in [0.2, 0.25) is 0 Å². The fourth-order valence-corrected chi connectivity index (χ4v) is 3.87. The Kier molecular flexibility index (Phi) is 7.21. The monoisotopic (exact) mass is 393 g/mol. The van der Waals surface area contributed by atoms with E-state index in [9.17, 15) is 9.59 Å². The van der Waals surface area contributed by atoms with Crippen LogP contribution in [0.4, 0.5) is 0 Å². The molecule has 1 heterocycles. The van der Waals surface area contributed by atoms with Crippen LogP contribution >= 0.6 is 0 Å². The first kappa shape index (κ1) is 21.3. The number of hydrogen-bond donors (Lipinski definition) is 0. The van der Waals surface area contributed by atoms with Crippen LogP contribution in [0.25, 0.3) is 0 Å². The lowest BCUT2D eigenvalue weighted by molar-refractivity contribution is 0.0834. The van der Waals surface area contributed by atoms with Crippen molar-refractivity contribution in [1.29, 1.82) is 0 Å². The third-order valence-corrected chi connectivity index (χ3v) is 5.67. The summed E-state index contributed by atoms with van der Waals surface area (Å²) in [4.78, 5) is 27.9. The van der Waals surface area contributed by atoms with Crippen LogP contribution in [0.5, 0.6) is 5.75 Å². The molecule has 1 aliphatic rings. The van der Waals surface area contributed by atoms with Crippen LogP contribution in [0, 0.1) is 5.92 Å². The van der Waals surface area contributed by atoms with Crippen molar-refractivity contribution in [2.45, 2.75) is 46.1 Å². The maximum Gasteiger partial charge on any atom is 0.224 e. The van der Waals surface area contributed by atoms with E-state index in [4.69, 9.17) is 4.74 Å². The standard InChI is InChI=1S/C25H31NO3/c1-4-29-23-16-21(18(2)3)10-11-22(25(23)28)17-26-14-12-20(13-15-26)24(27)19-8-6-5-7-9-19/h5-11,16,18,20H,4,12-15,17H2,1-3H3. The summed E-state index contributed by atoms with van der Waals surface area (Å²) in [6, 6.07) is 15.4. The molecule has 3 rings (SSSR count). The maximum absolute atomic E-state index is 13.0. The number of Topliss-reactive ketones (excluding diaryl/α,β-unsaturated/α-hetero) is 1. The number of likely N-dealkylation sites (tertiary alicyclic amines) is 1. The summed E-state index contributed by atoms with van der Waals surface area (Å²) in [6.07, 6.45) is 1.66. The largest absolute Gasteiger partial charge is 0.490 e. The number of nitrogens with zero attached hydrogens (tertiary/aromatic N) is 1. The molecule has 0 saturated carbocycles. The van der Waals surface area contributed by atoms with Gasteiger partial charge in [-0.15, -0.1) is 0 Å². The number of piperidine rings is 1. The highest BCUT2D eigenvalue weighted by Gasteiger charge is 2.26. The molecule has 1 saturated heterocycles. The second kappa shape index (κ2) is 9.84. The molecule has 1 aliphatic heterocycles. The highest BCUT2D eigenvalue weighted by Crippen LogP contribution is 2.23. The molecule has 154 valence electrons. The summed E-state index contributed by atoms with van der Waals surface area (Å²) in [5.74, 6) is 1.07. The Labute approximate surface area is 173 Å². The van der Waals surface area contributed by atoms with Gasteiger partial charge in [0.2, 0.25) is 5.43 Å². The van der Waals surface area contributed by atoms with Crippen molar-refractivity contribution < 1.29 is 9.53 Å². The predicted molar refractivity (Wildman–Crippen MR) is 117 cm³/mol. The summed E-state index contributed by atoms with van der Waals surface area (Å²) in [7, 11) is 0. The highest BCUT2D eigenvalue weighted by molar-refractivity contribution is 5.97. The number of carbonyl (C=O) groups excluding carboxylic acids is 1. The van der Waals surface area contributed by atoms with Gasteiger partial charge in [-0.05, 0) is 50.4 Å². The molecule has 0 bridgehead atoms. The quantitative estimate of drug-likeness (QED) is 0.642. The van der Waals surface area contributed by atoms with E-state index in [2.05, 4.69) is 18.7 Å². The van der Waals surface area contributed by atoms with Gasteiger partial charge in [0.1, 0.15) is 0 Å². The Hall–Kier alpha value is -2.46. The van der Waals surface area contributed by atoms with E-state index in [1.54, 1.807) is 0 Å². The first-order valence-electron chi connectivity index (χ1n) is 10.6. The van der Waals surface area contributed by atoms with E-state index >= 15 is 0 Å². The van der Waals surface area contributed by atoms with Crippen LogP contribution < -0.4 is 10.2 Å². The molecule has 4 heteroatoms. The van der Waals surface area contributed by atoms with Gasteiger partial charge in [-0.2, -0.15) is 0 Å². The fourth-order valence-electron chi connectivity index (χ4n) is 3.87. The molecule has 0 spiro atoms. The second-order valence-electron chi connectivity index (χ2n) is 8.06. The van der Waals surface area contributed by atoms with Gasteiger partial charge < -0.3 is 4.74 Å². The van der Waals surface area contributed by atoms with Crippen molar-refractivity contribution in [2.75, 3.05) is 19.7 Å². The van der Waals surface area contributed by atoms with Crippen molar-refractivity contribution in [3.8, 4) is 5.75 Å². The van der Waals surface area contributed by atoms with E-state index in [-0.39, 0.29) is 17.1 Å². The summed E-state index contributed by atoms with van der Waals surface area (Å²) in [6.45, 7) is 8.84. The van der Waals surface area contributed by atoms with E-state index in [0.717, 1.165) is 42.6 Å². The van der Waals surface area contributed by atoms with Crippen molar-refractivity contribution >= 4 is 5.78 Å². The van der Waals surface area contributed by atoms with Crippen molar-refractivity contribution in [3.05, 3.63) is 75.4 Å². The van der Waals surface area contributed by atoms with E-state index < -0.39 is 0 Å². The van der Waals surface area contributed by atoms with Gasteiger partial charge in [0.25, 0.3) is 0 Å². The van der Waals surface area contributed by atoms with Crippen molar-refractivity contribution in [2.24, 2.45) is 5.92 Å². The van der Waals surface area contributed by atoms with Crippen LogP contribution in [-0.2, 0) is 6.54 Å². The topological polar surface area (TPSA) is 46.6 Å². The molecule has 0 aliphatic carbocycles. The Morgan fingerprint density at radius 1 is 1.10 bits per heavy atom. The first-order valence-corrected chi connectivity index (χ1v) is 10.6. The lowest BCUT2D eigenvalue weighted by atomic mass is 9.89. The Balaban J connectivity index is 1.70. The molecule has 0 radical (unpaired) electrons. The third-order valence-electron chi connectivity index (χ3n) is 5.67. The summed E-state index contributed by atoms with van der Waals surface area (Å²) in [5, 5.41) is 0. The molecule has 0 aromatic heterocycles. The minimum atomic E-state index is -0.0266. The van der Waals surface area contributed by atoms with Crippen LogP contribution in [0.1, 0.15) is 61.0 Å². The molecule has 2 aromatic rings. The number of benzene rings is 1. The molecule has 2 aromatic carbocycles.